The summed E-state index contributed by atoms with van der Waals surface area (Å²) in [5.74, 6) is -17.0. The Bertz CT molecular complexity index is 5020. The second-order valence-corrected chi connectivity index (χ2v) is 31.9. The van der Waals surface area contributed by atoms with Crippen LogP contribution in [-0.2, 0) is 57.3 Å². The predicted molar refractivity (Wildman–Crippen MR) is 426 cm³/mol. The van der Waals surface area contributed by atoms with Crippen molar-refractivity contribution in [1.29, 1.82) is 0 Å². The van der Waals surface area contributed by atoms with E-state index in [9.17, 15) is 93.0 Å². The summed E-state index contributed by atoms with van der Waals surface area (Å²) < 4.78 is 87.6. The molecule has 0 radical (unpaired) electrons. The number of piperidine rings is 1. The first-order valence-electron chi connectivity index (χ1n) is 39.1. The summed E-state index contributed by atoms with van der Waals surface area (Å²) in [7, 11) is 1.46. The number of hydrogen-bond donors (Lipinski definition) is 20. The number of hydrogen-bond acceptors (Lipinski definition) is 28. The van der Waals surface area contributed by atoms with Crippen molar-refractivity contribution in [3.05, 3.63) is 141 Å². The number of rotatable bonds is 20. The van der Waals surface area contributed by atoms with Crippen molar-refractivity contribution in [2.75, 3.05) is 45.2 Å². The lowest BCUT2D eigenvalue weighted by atomic mass is 9.85. The number of amides is 9. The van der Waals surface area contributed by atoms with E-state index in [1.54, 1.807) is 20.8 Å². The number of aliphatic carboxylic acids is 1. The maximum Gasteiger partial charge on any atom is 0.573 e. The molecule has 0 spiro atoms. The van der Waals surface area contributed by atoms with Gasteiger partial charge in [-0.2, -0.15) is 0 Å². The van der Waals surface area contributed by atoms with Crippen LogP contribution in [0, 0.1) is 5.92 Å². The minimum absolute atomic E-state index is 0.0564. The summed E-state index contributed by atoms with van der Waals surface area (Å²) in [5.41, 5.74) is 1.65. The van der Waals surface area contributed by atoms with Gasteiger partial charge in [-0.05, 0) is 147 Å². The number of alkyl halides is 3. The molecule has 18 atom stereocenters. The lowest BCUT2D eigenvalue weighted by Crippen LogP contribution is -2.65. The van der Waals surface area contributed by atoms with Crippen molar-refractivity contribution >= 4 is 82.2 Å². The fourth-order valence-electron chi connectivity index (χ4n) is 15.4. The van der Waals surface area contributed by atoms with Crippen molar-refractivity contribution in [2.45, 2.75) is 182 Å². The minimum atomic E-state index is -4.91. The van der Waals surface area contributed by atoms with Crippen LogP contribution in [-0.4, -0.2) is 241 Å². The van der Waals surface area contributed by atoms with Crippen LogP contribution in [0.5, 0.6) is 51.7 Å². The first kappa shape index (κ1) is 92.0. The third-order valence-electron chi connectivity index (χ3n) is 21.8. The predicted octanol–water partition coefficient (Wildman–Crippen LogP) is 3.35. The molecular weight excluding hydrogens is 1690 g/mol. The Morgan fingerprint density at radius 3 is 1.94 bits per heavy atom. The van der Waals surface area contributed by atoms with E-state index >= 15 is 14.4 Å². The minimum Gasteiger partial charge on any atom is -0.508 e. The van der Waals surface area contributed by atoms with Crippen molar-refractivity contribution in [1.82, 2.24) is 47.4 Å². The number of likely N-dealkylation sites (tertiary alicyclic amines) is 1. The molecule has 6 aromatic rings. The van der Waals surface area contributed by atoms with E-state index < -0.39 is 260 Å². The fraction of sp³-hybridized carbons (Fsp3) is 0.444. The molecule has 3 fully saturated rings. The molecule has 38 nitrogen and oxygen atoms in total. The summed E-state index contributed by atoms with van der Waals surface area (Å²) in [4.78, 5) is 133. The average molecular weight is 1780 g/mol. The summed E-state index contributed by atoms with van der Waals surface area (Å²) in [6.45, 7) is 6.38. The van der Waals surface area contributed by atoms with Crippen LogP contribution in [0.3, 0.4) is 0 Å². The number of ether oxygens (including phenoxy) is 8. The molecule has 8 aliphatic rings. The number of benzene rings is 6. The third-order valence-corrected chi connectivity index (χ3v) is 22.4. The quantitative estimate of drug-likeness (QED) is 0.0487. The number of carboxylic acids is 1. The number of aromatic hydroxyl groups is 3. The van der Waals surface area contributed by atoms with E-state index in [4.69, 9.17) is 62.1 Å². The SMILES string of the molecule is CN[C@H](CC(C)C)C(=O)N[C@H]1C(=O)NC(CC(N)=O)C(=O)NC2C(=O)N[C@H]3C(=O)N[C@H](C(=O)N[C@@H](C(=O)O)c4cc(O)cc(O)c4-c4cc3ccc4O)[C@H](O)c3ccc(c(Cl)c3)Oc3cc2cc(c3O[C@@H]2O[C@H](CO)[C@@H](O)[C@H](O)[C@H]2O[C@H]2C[C@](C)(NCCOC3CCN(C(=O)Nc4ccc(OC(F)(F)F)cc4)CC3)[C@H](O)C(C)O2)Oc2ccc(cc2Cl)[C@H]1O. The normalized spacial score (nSPS) is 27.1. The maximum absolute atomic E-state index is 16.2. The van der Waals surface area contributed by atoms with Crippen LogP contribution in [0.4, 0.5) is 23.7 Å². The van der Waals surface area contributed by atoms with E-state index in [1.165, 1.54) is 43.1 Å². The molecule has 9 amide bonds. The largest absolute Gasteiger partial charge is 0.573 e. The number of fused-ring (bicyclic) bond motifs is 15. The number of carbonyl (C=O) groups is 9. The number of halogens is 5. The third kappa shape index (κ3) is 21.1. The Labute approximate surface area is 714 Å². The van der Waals surface area contributed by atoms with Crippen molar-refractivity contribution < 1.29 is 145 Å². The highest BCUT2D eigenvalue weighted by Gasteiger charge is 2.53. The van der Waals surface area contributed by atoms with Crippen molar-refractivity contribution in [2.24, 2.45) is 11.7 Å². The Kier molecular flexibility index (Phi) is 28.6. The highest BCUT2D eigenvalue weighted by molar-refractivity contribution is 6.32. The number of nitrogens with two attached hydrogens (primary N) is 1. The van der Waals surface area contributed by atoms with Crippen molar-refractivity contribution in [3.8, 4) is 62.9 Å². The number of aliphatic hydroxyl groups is 6. The number of urea groups is 1. The molecule has 21 N–H and O–H groups in total. The number of nitrogens with one attached hydrogen (secondary N) is 9. The van der Waals surface area contributed by atoms with Crippen LogP contribution in [0.1, 0.15) is 118 Å². The number of carboxylic acid groups (broad SMARTS) is 1. The zero-order chi connectivity index (χ0) is 89.8. The first-order chi connectivity index (χ1) is 58.7. The standard InChI is InChI=1S/C81H92Cl2F3N11O27/c1-33(2)22-47(88-5)71(108)95-62-64(103)36-7-14-51(45(82)24-36)119-53-26-38-27-54(68(53)123-78-69(67(106)66(105)55(32-98)121-78)122-57-31-80(4,70(107)34(3)118-57)89-18-21-117-41-16-19-97(20-17-41)79(116)90-39-9-11-42(12-10-39)124-81(84,85)86)120-52-15-8-37(25-46(52)83)65(104)63-76(113)94-61(77(114)115)44-28-40(99)29-50(101)58(44)43-23-35(6-13-49(43)100)59(73(110)96-63)93-74(111)60(38)92-72(109)48(30-56(87)102)91-75(62)112/h6-15,23-29,33-34,41,47-48,55,57,59-67,69-70,78,88-89,98-101,103-107H,16-22,30-32H2,1-5H3,(H2,87,102)(H,90,116)(H,91,112)(H,92,109)(H,93,111)(H,94,113)(H,95,108)(H,96,110)(H,114,115)/t34?,47-,48?,55-,57+,59-,60?,61-,62-,63+,64-,65-,66-,67+,69-,70-,78+,80+/m1/s1. The van der Waals surface area contributed by atoms with Gasteiger partial charge in [-0.1, -0.05) is 55.2 Å². The molecule has 0 saturated carbocycles. The molecule has 3 saturated heterocycles. The number of phenols is 3. The number of anilines is 1. The lowest BCUT2D eigenvalue weighted by molar-refractivity contribution is -0.334. The average Bonchev–Trinajstić information content (AvgIpc) is 0.766. The molecule has 0 aliphatic carbocycles. The number of nitrogens with zero attached hydrogens (tertiary/aromatic N) is 1. The molecule has 6 aromatic carbocycles. The van der Waals surface area contributed by atoms with Gasteiger partial charge in [0.2, 0.25) is 53.4 Å². The van der Waals surface area contributed by atoms with Crippen LogP contribution in [0.25, 0.3) is 11.1 Å². The number of phenolic OH excluding ortho intramolecular Hbond substituents is 3. The summed E-state index contributed by atoms with van der Waals surface area (Å²) in [6.07, 6.45) is -23.8. The highest BCUT2D eigenvalue weighted by atomic mass is 35.5. The highest BCUT2D eigenvalue weighted by Crippen LogP contribution is 2.50. The summed E-state index contributed by atoms with van der Waals surface area (Å²) in [6, 6.07) is 2.98. The van der Waals surface area contributed by atoms with Crippen LogP contribution in [0.15, 0.2) is 103 Å². The second kappa shape index (κ2) is 38.5. The molecule has 8 aliphatic heterocycles. The smallest absolute Gasteiger partial charge is 0.508 e. The second-order valence-electron chi connectivity index (χ2n) is 31.1. The van der Waals surface area contributed by atoms with Gasteiger partial charge < -0.3 is 147 Å². The molecule has 43 heteroatoms. The van der Waals surface area contributed by atoms with Gasteiger partial charge in [0.15, 0.2) is 29.9 Å². The lowest BCUT2D eigenvalue weighted by Gasteiger charge is -2.48. The van der Waals surface area contributed by atoms with E-state index in [2.05, 4.69) is 52.6 Å². The van der Waals surface area contributed by atoms with Crippen molar-refractivity contribution in [3.63, 3.8) is 0 Å². The number of aliphatic hydroxyl groups excluding tert-OH is 6. The summed E-state index contributed by atoms with van der Waals surface area (Å²) in [5, 5.41) is 139. The van der Waals surface area contributed by atoms with Gasteiger partial charge in [0.1, 0.15) is 95.2 Å². The van der Waals surface area contributed by atoms with E-state index in [0.717, 1.165) is 78.9 Å². The van der Waals surface area contributed by atoms with E-state index in [1.807, 2.05) is 0 Å². The fourth-order valence-corrected chi connectivity index (χ4v) is 15.8. The molecule has 3 unspecified atom stereocenters. The molecule has 14 rings (SSSR count). The summed E-state index contributed by atoms with van der Waals surface area (Å²) >= 11 is 14.3. The number of likely N-dealkylation sites (N-methyl/N-ethyl adjacent to an activating group) is 1. The van der Waals surface area contributed by atoms with Gasteiger partial charge in [0, 0.05) is 60.0 Å². The zero-order valence-corrected chi connectivity index (χ0v) is 68.2. The zero-order valence-electron chi connectivity index (χ0n) is 66.7. The van der Waals surface area contributed by atoms with Crippen LogP contribution in [0.2, 0.25) is 10.0 Å². The first-order valence-corrected chi connectivity index (χ1v) is 39.9. The van der Waals surface area contributed by atoms with Gasteiger partial charge in [-0.3, -0.25) is 33.6 Å². The Morgan fingerprint density at radius 2 is 1.34 bits per heavy atom. The Balaban J connectivity index is 0.951. The number of primary amides is 1. The van der Waals surface area contributed by atoms with Gasteiger partial charge in [-0.15, -0.1) is 13.2 Å². The molecular formula is C81H92Cl2F3N11O27. The molecule has 8 heterocycles. The van der Waals surface area contributed by atoms with E-state index in [-0.39, 0.29) is 79.2 Å². The van der Waals surface area contributed by atoms with Crippen LogP contribution < -0.4 is 72.5 Å². The van der Waals surface area contributed by atoms with Crippen LogP contribution >= 0.6 is 23.2 Å². The molecule has 668 valence electrons. The van der Waals surface area contributed by atoms with Gasteiger partial charge >= 0.3 is 18.4 Å². The monoisotopic (exact) mass is 1780 g/mol. The Morgan fingerprint density at radius 1 is 0.718 bits per heavy atom. The van der Waals surface area contributed by atoms with E-state index in [0.29, 0.717) is 12.8 Å². The van der Waals surface area contributed by atoms with Gasteiger partial charge in [0.05, 0.1) is 54.0 Å². The number of carbonyl (C=O) groups excluding carboxylic acids is 8. The van der Waals surface area contributed by atoms with Gasteiger partial charge in [0.25, 0.3) is 0 Å². The maximum atomic E-state index is 16.2. The molecule has 11 bridgehead atoms. The molecule has 0 aromatic heterocycles. The topological polar surface area (TPSA) is 567 Å². The Hall–Kier alpha value is -11.2. The van der Waals surface area contributed by atoms with Gasteiger partial charge in [-0.25, -0.2) is 9.59 Å². The molecule has 124 heavy (non-hydrogen) atoms.